The predicted molar refractivity (Wildman–Crippen MR) is 130 cm³/mol. The molecule has 0 radical (unpaired) electrons. The van der Waals surface area contributed by atoms with Crippen LogP contribution in [0.15, 0.2) is 29.8 Å². The number of thiophene rings is 1. The molecule has 0 aromatic carbocycles. The lowest BCUT2D eigenvalue weighted by Gasteiger charge is -2.28. The Kier molecular flexibility index (Phi) is 8.06. The van der Waals surface area contributed by atoms with Crippen molar-refractivity contribution in [3.63, 3.8) is 0 Å². The van der Waals surface area contributed by atoms with Crippen LogP contribution in [0, 0.1) is 0 Å². The number of amides is 4. The Morgan fingerprint density at radius 2 is 1.92 bits per heavy atom. The number of hydrazine groups is 1. The molecule has 0 unspecified atom stereocenters. The predicted octanol–water partition coefficient (Wildman–Crippen LogP) is 3.72. The van der Waals surface area contributed by atoms with E-state index in [1.54, 1.807) is 33.0 Å². The molecular weight excluding hydrogens is 497 g/mol. The number of imide groups is 1. The molecule has 9 nitrogen and oxygen atoms in total. The Morgan fingerprint density at radius 1 is 1.22 bits per heavy atom. The van der Waals surface area contributed by atoms with Gasteiger partial charge in [0.15, 0.2) is 0 Å². The number of aromatic nitrogens is 1. The molecule has 196 valence electrons. The van der Waals surface area contributed by atoms with E-state index in [1.807, 2.05) is 19.0 Å². The number of anilines is 2. The SMILES string of the molecule is CNN(C(=O)CCCN(C)C)c1cc(CN2C(=O)N(c3cc(C(F)(F)F)cs3)C(=O)C2(C)C)ccn1. The third kappa shape index (κ3) is 5.68. The molecule has 1 N–H and O–H groups in total. The van der Waals surface area contributed by atoms with E-state index in [1.165, 1.54) is 16.1 Å². The van der Waals surface area contributed by atoms with Gasteiger partial charge < -0.3 is 9.80 Å². The summed E-state index contributed by atoms with van der Waals surface area (Å²) in [6.45, 7) is 3.83. The summed E-state index contributed by atoms with van der Waals surface area (Å²) in [5.41, 5.74) is 1.21. The van der Waals surface area contributed by atoms with Gasteiger partial charge in [-0.2, -0.15) is 13.2 Å². The lowest BCUT2D eigenvalue weighted by Crippen LogP contribution is -2.44. The number of nitrogens with zero attached hydrogens (tertiary/aromatic N) is 5. The van der Waals surface area contributed by atoms with Gasteiger partial charge in [-0.05, 0) is 64.7 Å². The van der Waals surface area contributed by atoms with Crippen LogP contribution in [0.25, 0.3) is 0 Å². The highest BCUT2D eigenvalue weighted by Crippen LogP contribution is 2.40. The number of carbonyl (C=O) groups excluding carboxylic acids is 3. The second-order valence-electron chi connectivity index (χ2n) is 9.12. The molecule has 2 aromatic heterocycles. The number of urea groups is 1. The fraction of sp³-hybridized carbons (Fsp3) is 0.478. The first-order valence-corrected chi connectivity index (χ1v) is 12.1. The van der Waals surface area contributed by atoms with E-state index >= 15 is 0 Å². The van der Waals surface area contributed by atoms with Crippen molar-refractivity contribution in [2.24, 2.45) is 0 Å². The van der Waals surface area contributed by atoms with Gasteiger partial charge in [-0.25, -0.2) is 25.1 Å². The molecule has 1 aliphatic rings. The lowest BCUT2D eigenvalue weighted by atomic mass is 10.0. The van der Waals surface area contributed by atoms with Crippen LogP contribution in [-0.4, -0.2) is 65.9 Å². The summed E-state index contributed by atoms with van der Waals surface area (Å²) >= 11 is 0.683. The number of halogens is 3. The van der Waals surface area contributed by atoms with E-state index in [0.717, 1.165) is 22.9 Å². The van der Waals surface area contributed by atoms with E-state index < -0.39 is 29.2 Å². The Hall–Kier alpha value is -3.03. The first-order valence-electron chi connectivity index (χ1n) is 11.2. The first-order chi connectivity index (χ1) is 16.8. The van der Waals surface area contributed by atoms with Crippen molar-refractivity contribution in [3.8, 4) is 0 Å². The number of rotatable bonds is 9. The zero-order valence-electron chi connectivity index (χ0n) is 20.7. The van der Waals surface area contributed by atoms with E-state index in [0.29, 0.717) is 35.6 Å². The number of carbonyl (C=O) groups is 3. The molecule has 3 rings (SSSR count). The highest BCUT2D eigenvalue weighted by atomic mass is 32.1. The number of hydrogen-bond acceptors (Lipinski definition) is 7. The quantitative estimate of drug-likeness (QED) is 0.396. The summed E-state index contributed by atoms with van der Waals surface area (Å²) in [6.07, 6.45) is -2.12. The Balaban J connectivity index is 1.81. The Morgan fingerprint density at radius 3 is 2.50 bits per heavy atom. The van der Waals surface area contributed by atoms with Crippen molar-refractivity contribution in [1.82, 2.24) is 20.2 Å². The van der Waals surface area contributed by atoms with Crippen LogP contribution in [-0.2, 0) is 22.3 Å². The second kappa shape index (κ2) is 10.5. The molecule has 1 fully saturated rings. The third-order valence-corrected chi connectivity index (χ3v) is 6.72. The molecule has 2 aromatic rings. The fourth-order valence-corrected chi connectivity index (χ4v) is 4.69. The van der Waals surface area contributed by atoms with Crippen LogP contribution < -0.4 is 15.3 Å². The summed E-state index contributed by atoms with van der Waals surface area (Å²) in [5.74, 6) is -0.475. The van der Waals surface area contributed by atoms with Crippen LogP contribution in [0.5, 0.6) is 0 Å². The zero-order chi connectivity index (χ0) is 26.8. The third-order valence-electron chi connectivity index (χ3n) is 5.81. The molecule has 0 saturated carbocycles. The highest BCUT2D eigenvalue weighted by molar-refractivity contribution is 7.14. The fourth-order valence-electron chi connectivity index (χ4n) is 3.78. The van der Waals surface area contributed by atoms with Crippen molar-refractivity contribution < 1.29 is 27.6 Å². The summed E-state index contributed by atoms with van der Waals surface area (Å²) in [5, 5.41) is 2.11. The minimum Gasteiger partial charge on any atom is -0.309 e. The Labute approximate surface area is 211 Å². The number of nitrogens with one attached hydrogen (secondary N) is 1. The van der Waals surface area contributed by atoms with Gasteiger partial charge in [-0.3, -0.25) is 9.59 Å². The minimum atomic E-state index is -4.58. The number of hydrogen-bond donors (Lipinski definition) is 1. The molecule has 36 heavy (non-hydrogen) atoms. The number of alkyl halides is 3. The van der Waals surface area contributed by atoms with Crippen LogP contribution in [0.1, 0.15) is 37.8 Å². The van der Waals surface area contributed by atoms with Gasteiger partial charge in [0.2, 0.25) is 5.91 Å². The molecule has 0 bridgehead atoms. The molecule has 3 heterocycles. The first kappa shape index (κ1) is 27.6. The summed E-state index contributed by atoms with van der Waals surface area (Å²) in [6, 6.07) is 3.36. The molecule has 0 atom stereocenters. The Bertz CT molecular complexity index is 1130. The smallest absolute Gasteiger partial charge is 0.309 e. The highest BCUT2D eigenvalue weighted by Gasteiger charge is 2.52. The van der Waals surface area contributed by atoms with Gasteiger partial charge >= 0.3 is 12.2 Å². The van der Waals surface area contributed by atoms with Gasteiger partial charge in [0.05, 0.1) is 5.56 Å². The molecule has 1 saturated heterocycles. The maximum Gasteiger partial charge on any atom is 0.417 e. The van der Waals surface area contributed by atoms with Gasteiger partial charge in [-0.15, -0.1) is 11.3 Å². The van der Waals surface area contributed by atoms with E-state index in [4.69, 9.17) is 0 Å². The summed E-state index contributed by atoms with van der Waals surface area (Å²) in [4.78, 5) is 47.3. The molecule has 4 amide bonds. The molecular formula is C23H29F3N6O3S. The van der Waals surface area contributed by atoms with Crippen molar-refractivity contribution in [2.75, 3.05) is 37.6 Å². The second-order valence-corrected chi connectivity index (χ2v) is 10.0. The average molecular weight is 527 g/mol. The topological polar surface area (TPSA) is 89.1 Å². The van der Waals surface area contributed by atoms with Crippen LogP contribution in [0.4, 0.5) is 28.8 Å². The largest absolute Gasteiger partial charge is 0.417 e. The maximum atomic E-state index is 13.2. The molecule has 13 heteroatoms. The zero-order valence-corrected chi connectivity index (χ0v) is 21.5. The van der Waals surface area contributed by atoms with E-state index in [2.05, 4.69) is 10.4 Å². The molecule has 1 aliphatic heterocycles. The standard InChI is InChI=1S/C23H29F3N6O3S/c1-22(2)20(34)31(19-12-16(14-36-19)23(24,25)26)21(35)30(22)13-15-8-9-28-17(11-15)32(27-3)18(33)7-6-10-29(4)5/h8-9,11-12,14,27H,6-7,10,13H2,1-5H3. The van der Waals surface area contributed by atoms with Gasteiger partial charge in [0.25, 0.3) is 5.91 Å². The monoisotopic (exact) mass is 526 g/mol. The maximum absolute atomic E-state index is 13.2. The van der Waals surface area contributed by atoms with Gasteiger partial charge in [-0.1, -0.05) is 0 Å². The van der Waals surface area contributed by atoms with Crippen molar-refractivity contribution in [2.45, 2.75) is 44.9 Å². The van der Waals surface area contributed by atoms with Crippen molar-refractivity contribution in [3.05, 3.63) is 40.9 Å². The van der Waals surface area contributed by atoms with E-state index in [9.17, 15) is 27.6 Å². The summed E-state index contributed by atoms with van der Waals surface area (Å²) < 4.78 is 39.2. The summed E-state index contributed by atoms with van der Waals surface area (Å²) in [7, 11) is 5.44. The number of pyridine rings is 1. The van der Waals surface area contributed by atoms with Crippen molar-refractivity contribution >= 4 is 40.0 Å². The van der Waals surface area contributed by atoms with Gasteiger partial charge in [0, 0.05) is 31.6 Å². The minimum absolute atomic E-state index is 0.00648. The molecule has 0 aliphatic carbocycles. The van der Waals surface area contributed by atoms with E-state index in [-0.39, 0.29) is 17.5 Å². The van der Waals surface area contributed by atoms with Crippen LogP contribution in [0.2, 0.25) is 0 Å². The average Bonchev–Trinajstić information content (AvgIpc) is 3.33. The molecule has 0 spiro atoms. The van der Waals surface area contributed by atoms with Crippen molar-refractivity contribution in [1.29, 1.82) is 0 Å². The normalized spacial score (nSPS) is 15.8. The van der Waals surface area contributed by atoms with Gasteiger partial charge in [0.1, 0.15) is 16.4 Å². The van der Waals surface area contributed by atoms with Crippen LogP contribution in [0.3, 0.4) is 0 Å². The lowest BCUT2D eigenvalue weighted by molar-refractivity contribution is -0.137. The van der Waals surface area contributed by atoms with Crippen LogP contribution >= 0.6 is 11.3 Å².